The Labute approximate surface area is 353 Å². The number of hydrogen-bond acceptors (Lipinski definition) is 5. The first kappa shape index (κ1) is 54.8. The van der Waals surface area contributed by atoms with Crippen LogP contribution in [0.5, 0.6) is 0 Å². The smallest absolute Gasteiger partial charge is 0.306 e. The molecule has 0 fully saturated rings. The van der Waals surface area contributed by atoms with Gasteiger partial charge in [0.05, 0.1) is 25.2 Å². The Hall–Kier alpha value is -2.18. The van der Waals surface area contributed by atoms with Crippen molar-refractivity contribution in [3.05, 3.63) is 48.6 Å². The lowest BCUT2D eigenvalue weighted by Gasteiger charge is -2.24. The van der Waals surface area contributed by atoms with E-state index in [1.54, 1.807) is 0 Å². The third-order valence-electron chi connectivity index (χ3n) is 10.9. The first-order valence-electron chi connectivity index (χ1n) is 24.4. The number of unbranched alkanes of at least 4 members (excludes halogenated alkanes) is 23. The highest BCUT2D eigenvalue weighted by Gasteiger charge is 2.24. The van der Waals surface area contributed by atoms with Crippen molar-refractivity contribution in [3.63, 3.8) is 0 Å². The minimum atomic E-state index is -0.792. The van der Waals surface area contributed by atoms with Crippen molar-refractivity contribution in [2.45, 2.75) is 257 Å². The molecule has 0 rings (SSSR count). The zero-order valence-electron chi connectivity index (χ0n) is 37.7. The van der Waals surface area contributed by atoms with Gasteiger partial charge >= 0.3 is 5.97 Å². The van der Waals surface area contributed by atoms with Gasteiger partial charge in [0, 0.05) is 6.42 Å². The average molecular weight is 800 g/mol. The fourth-order valence-corrected chi connectivity index (χ4v) is 7.21. The second kappa shape index (κ2) is 44.9. The number of rotatable bonds is 43. The molecule has 6 heteroatoms. The number of nitrogens with one attached hydrogen (secondary N) is 1. The summed E-state index contributed by atoms with van der Waals surface area (Å²) in [6.45, 7) is 6.29. The number of hydrogen-bond donors (Lipinski definition) is 3. The van der Waals surface area contributed by atoms with E-state index in [0.717, 1.165) is 103 Å². The molecule has 57 heavy (non-hydrogen) atoms. The van der Waals surface area contributed by atoms with E-state index < -0.39 is 18.2 Å². The molecule has 3 N–H and O–H groups in total. The summed E-state index contributed by atoms with van der Waals surface area (Å²) in [6, 6.07) is -0.707. The van der Waals surface area contributed by atoms with Crippen molar-refractivity contribution < 1.29 is 24.5 Å². The number of carbonyl (C=O) groups is 2. The highest BCUT2D eigenvalue weighted by Crippen LogP contribution is 2.17. The van der Waals surface area contributed by atoms with Gasteiger partial charge in [0.2, 0.25) is 5.91 Å². The predicted molar refractivity (Wildman–Crippen MR) is 245 cm³/mol. The molecule has 0 radical (unpaired) electrons. The molecule has 0 aromatic heterocycles. The van der Waals surface area contributed by atoms with Gasteiger partial charge in [0.1, 0.15) is 6.10 Å². The fraction of sp³-hybridized carbons (Fsp3) is 0.804. The van der Waals surface area contributed by atoms with Crippen LogP contribution in [0.1, 0.15) is 239 Å². The summed E-state index contributed by atoms with van der Waals surface area (Å²) in [5.41, 5.74) is 0. The maximum Gasteiger partial charge on any atom is 0.306 e. The normalized spacial score (nSPS) is 13.7. The van der Waals surface area contributed by atoms with Gasteiger partial charge in [-0.15, -0.1) is 0 Å². The zero-order valence-corrected chi connectivity index (χ0v) is 37.7. The van der Waals surface area contributed by atoms with Gasteiger partial charge in [-0.05, 0) is 77.0 Å². The van der Waals surface area contributed by atoms with E-state index in [1.807, 2.05) is 0 Å². The molecule has 0 bridgehead atoms. The average Bonchev–Trinajstić information content (AvgIpc) is 3.20. The maximum atomic E-state index is 13.1. The highest BCUT2D eigenvalue weighted by atomic mass is 16.5. The van der Waals surface area contributed by atoms with Crippen molar-refractivity contribution in [2.24, 2.45) is 0 Å². The van der Waals surface area contributed by atoms with Gasteiger partial charge in [0.15, 0.2) is 0 Å². The van der Waals surface area contributed by atoms with E-state index in [-0.39, 0.29) is 24.9 Å². The van der Waals surface area contributed by atoms with Gasteiger partial charge in [-0.25, -0.2) is 0 Å². The molecule has 0 aliphatic heterocycles. The molecule has 3 atom stereocenters. The van der Waals surface area contributed by atoms with E-state index in [9.17, 15) is 19.8 Å². The quantitative estimate of drug-likeness (QED) is 0.0324. The Balaban J connectivity index is 4.45. The summed E-state index contributed by atoms with van der Waals surface area (Å²) in [5, 5.41) is 23.7. The highest BCUT2D eigenvalue weighted by molar-refractivity contribution is 5.77. The molecular weight excluding hydrogens is 707 g/mol. The Morgan fingerprint density at radius 2 is 0.982 bits per heavy atom. The summed E-state index contributed by atoms with van der Waals surface area (Å²) in [5.74, 6) is -0.507. The molecule has 0 saturated heterocycles. The van der Waals surface area contributed by atoms with Crippen molar-refractivity contribution in [3.8, 4) is 0 Å². The van der Waals surface area contributed by atoms with Crippen LogP contribution >= 0.6 is 0 Å². The van der Waals surface area contributed by atoms with Crippen molar-refractivity contribution in [1.82, 2.24) is 5.32 Å². The first-order valence-corrected chi connectivity index (χ1v) is 24.4. The molecular formula is C51H93NO5. The molecule has 0 aliphatic carbocycles. The zero-order chi connectivity index (χ0) is 41.7. The Morgan fingerprint density at radius 1 is 0.526 bits per heavy atom. The molecule has 0 aromatic carbocycles. The Kier molecular flexibility index (Phi) is 43.2. The third-order valence-corrected chi connectivity index (χ3v) is 10.9. The van der Waals surface area contributed by atoms with Crippen LogP contribution in [0.4, 0.5) is 0 Å². The van der Waals surface area contributed by atoms with E-state index in [1.165, 1.54) is 89.9 Å². The van der Waals surface area contributed by atoms with Gasteiger partial charge in [-0.2, -0.15) is 0 Å². The number of esters is 1. The largest absolute Gasteiger partial charge is 0.462 e. The van der Waals surface area contributed by atoms with E-state index in [4.69, 9.17) is 4.74 Å². The van der Waals surface area contributed by atoms with Crippen molar-refractivity contribution >= 4 is 11.9 Å². The topological polar surface area (TPSA) is 95.9 Å². The van der Waals surface area contributed by atoms with Gasteiger partial charge < -0.3 is 20.3 Å². The molecule has 0 spiro atoms. The van der Waals surface area contributed by atoms with Crippen LogP contribution in [0, 0.1) is 0 Å². The van der Waals surface area contributed by atoms with Crippen LogP contribution in [0.15, 0.2) is 48.6 Å². The molecule has 0 saturated carbocycles. The number of aliphatic hydroxyl groups is 2. The summed E-state index contributed by atoms with van der Waals surface area (Å²) in [6.07, 6.45) is 53.2. The van der Waals surface area contributed by atoms with E-state index in [0.29, 0.717) is 19.3 Å². The summed E-state index contributed by atoms with van der Waals surface area (Å²) >= 11 is 0. The van der Waals surface area contributed by atoms with Crippen LogP contribution in [0.25, 0.3) is 0 Å². The standard InChI is InChI=1S/C51H93NO5/c1-4-7-10-13-16-19-21-23-25-26-28-30-32-35-38-41-44-51(56)57-47(42-39-36-33-18-15-12-9-6-3)45-50(55)52-48(46-53)49(54)43-40-37-34-31-29-27-24-22-20-17-14-11-8-5-2/h7,10,12,15-16,19,23,25,47-49,53-54H,4-6,8-9,11,13-14,17-18,20-22,24,26-46H2,1-3H3,(H,52,55)/b10-7+,15-12-,19-16+,25-23+. The second-order valence-electron chi connectivity index (χ2n) is 16.5. The lowest BCUT2D eigenvalue weighted by atomic mass is 10.0. The lowest BCUT2D eigenvalue weighted by molar-refractivity contribution is -0.151. The first-order chi connectivity index (χ1) is 28.0. The number of carbonyl (C=O) groups excluding carboxylic acids is 2. The molecule has 0 heterocycles. The molecule has 0 aromatic rings. The summed E-state index contributed by atoms with van der Waals surface area (Å²) in [7, 11) is 0. The van der Waals surface area contributed by atoms with Crippen molar-refractivity contribution in [2.75, 3.05) is 6.61 Å². The molecule has 3 unspecified atom stereocenters. The number of amides is 1. The minimum absolute atomic E-state index is 0.0608. The van der Waals surface area contributed by atoms with Crippen LogP contribution in [0.3, 0.4) is 0 Å². The number of ether oxygens (including phenoxy) is 1. The lowest BCUT2D eigenvalue weighted by Crippen LogP contribution is -2.46. The Morgan fingerprint density at radius 3 is 1.54 bits per heavy atom. The van der Waals surface area contributed by atoms with E-state index >= 15 is 0 Å². The van der Waals surface area contributed by atoms with Crippen LogP contribution in [-0.2, 0) is 14.3 Å². The molecule has 6 nitrogen and oxygen atoms in total. The minimum Gasteiger partial charge on any atom is -0.462 e. The molecule has 332 valence electrons. The Bertz CT molecular complexity index is 988. The van der Waals surface area contributed by atoms with E-state index in [2.05, 4.69) is 74.7 Å². The van der Waals surface area contributed by atoms with Crippen LogP contribution < -0.4 is 5.32 Å². The van der Waals surface area contributed by atoms with Gasteiger partial charge in [-0.1, -0.05) is 198 Å². The second-order valence-corrected chi connectivity index (χ2v) is 16.5. The summed E-state index contributed by atoms with van der Waals surface area (Å²) in [4.78, 5) is 26.0. The SMILES string of the molecule is CC/C=C/C/C=C/C/C=C/CCCCCCCCC(=O)OC(CCCCC/C=C\CCC)CC(=O)NC(CO)C(O)CCCCCCCCCCCCCCCC. The monoisotopic (exact) mass is 800 g/mol. The van der Waals surface area contributed by atoms with Gasteiger partial charge in [0.25, 0.3) is 0 Å². The van der Waals surface area contributed by atoms with Crippen LogP contribution in [0.2, 0.25) is 0 Å². The van der Waals surface area contributed by atoms with Crippen molar-refractivity contribution in [1.29, 1.82) is 0 Å². The van der Waals surface area contributed by atoms with Gasteiger partial charge in [-0.3, -0.25) is 9.59 Å². The molecule has 0 aliphatic rings. The fourth-order valence-electron chi connectivity index (χ4n) is 7.21. The number of aliphatic hydroxyl groups excluding tert-OH is 2. The molecule has 1 amide bonds. The maximum absolute atomic E-state index is 13.1. The van der Waals surface area contributed by atoms with Crippen LogP contribution in [-0.4, -0.2) is 46.9 Å². The third kappa shape index (κ3) is 40.4. The number of allylic oxidation sites excluding steroid dienone is 8. The predicted octanol–water partition coefficient (Wildman–Crippen LogP) is 14.3. The summed E-state index contributed by atoms with van der Waals surface area (Å²) < 4.78 is 5.88.